The van der Waals surface area contributed by atoms with Gasteiger partial charge < -0.3 is 4.74 Å². The van der Waals surface area contributed by atoms with Crippen LogP contribution in [0.1, 0.15) is 58.8 Å². The lowest BCUT2D eigenvalue weighted by atomic mass is 9.51. The fraction of sp³-hybridized carbons (Fsp3) is 0.682. The van der Waals surface area contributed by atoms with E-state index in [1.807, 2.05) is 0 Å². The highest BCUT2D eigenvalue weighted by atomic mass is 16.5. The SMILES string of the molecule is C=C1C[C@]2(CC)C(=O)CC[C@H]2[C@@H]2CC=C3C=C(OCC)CC[C@@H]3[C@@H]12. The number of ketones is 1. The van der Waals surface area contributed by atoms with Crippen LogP contribution in [0.2, 0.25) is 0 Å². The molecule has 0 saturated heterocycles. The molecule has 0 unspecified atom stereocenters. The lowest BCUT2D eigenvalue weighted by Crippen LogP contribution is -2.47. The number of carbonyl (C=O) groups is 1. The van der Waals surface area contributed by atoms with Crippen LogP contribution in [0.15, 0.2) is 35.6 Å². The van der Waals surface area contributed by atoms with Gasteiger partial charge in [-0.3, -0.25) is 4.79 Å². The van der Waals surface area contributed by atoms with Crippen LogP contribution in [0.3, 0.4) is 0 Å². The van der Waals surface area contributed by atoms with Gasteiger partial charge in [0.15, 0.2) is 0 Å². The highest BCUT2D eigenvalue weighted by Gasteiger charge is 2.58. The van der Waals surface area contributed by atoms with E-state index in [-0.39, 0.29) is 5.41 Å². The summed E-state index contributed by atoms with van der Waals surface area (Å²) in [4.78, 5) is 12.7. The largest absolute Gasteiger partial charge is 0.498 e. The van der Waals surface area contributed by atoms with Crippen molar-refractivity contribution in [2.45, 2.75) is 58.8 Å². The summed E-state index contributed by atoms with van der Waals surface area (Å²) in [7, 11) is 0. The van der Waals surface area contributed by atoms with Gasteiger partial charge in [0.1, 0.15) is 5.78 Å². The van der Waals surface area contributed by atoms with Gasteiger partial charge in [0.25, 0.3) is 0 Å². The van der Waals surface area contributed by atoms with Crippen LogP contribution < -0.4 is 0 Å². The predicted molar refractivity (Wildman–Crippen MR) is 96.3 cm³/mol. The Morgan fingerprint density at radius 2 is 2.12 bits per heavy atom. The van der Waals surface area contributed by atoms with E-state index in [0.717, 1.165) is 50.9 Å². The average molecular weight is 326 g/mol. The van der Waals surface area contributed by atoms with Gasteiger partial charge in [0, 0.05) is 18.3 Å². The van der Waals surface area contributed by atoms with Gasteiger partial charge in [-0.1, -0.05) is 25.2 Å². The molecule has 0 spiro atoms. The van der Waals surface area contributed by atoms with Crippen molar-refractivity contribution in [3.05, 3.63) is 35.6 Å². The first-order valence-corrected chi connectivity index (χ1v) is 9.85. The summed E-state index contributed by atoms with van der Waals surface area (Å²) < 4.78 is 5.76. The Kier molecular flexibility index (Phi) is 3.97. The van der Waals surface area contributed by atoms with Gasteiger partial charge >= 0.3 is 0 Å². The second-order valence-electron chi connectivity index (χ2n) is 8.23. The quantitative estimate of drug-likeness (QED) is 0.665. The first kappa shape index (κ1) is 16.2. The molecule has 2 nitrogen and oxygen atoms in total. The van der Waals surface area contributed by atoms with Crippen molar-refractivity contribution in [3.8, 4) is 0 Å². The molecule has 2 fully saturated rings. The zero-order chi connectivity index (χ0) is 16.9. The molecule has 4 aliphatic carbocycles. The van der Waals surface area contributed by atoms with Crippen molar-refractivity contribution in [1.82, 2.24) is 0 Å². The number of Topliss-reactive ketones (excluding diaryl/α,β-unsaturated/α-hetero) is 1. The van der Waals surface area contributed by atoms with Gasteiger partial charge in [0.05, 0.1) is 12.4 Å². The van der Waals surface area contributed by atoms with Gasteiger partial charge in [-0.15, -0.1) is 0 Å². The number of fused-ring (bicyclic) bond motifs is 5. The first-order chi connectivity index (χ1) is 11.6. The van der Waals surface area contributed by atoms with E-state index >= 15 is 0 Å². The molecule has 0 bridgehead atoms. The normalized spacial score (nSPS) is 41.1. The summed E-state index contributed by atoms with van der Waals surface area (Å²) in [6.45, 7) is 9.53. The van der Waals surface area contributed by atoms with Crippen LogP contribution in [-0.2, 0) is 9.53 Å². The lowest BCUT2D eigenvalue weighted by molar-refractivity contribution is -0.130. The number of rotatable bonds is 3. The van der Waals surface area contributed by atoms with E-state index in [4.69, 9.17) is 4.74 Å². The topological polar surface area (TPSA) is 26.3 Å². The maximum atomic E-state index is 12.7. The monoisotopic (exact) mass is 326 g/mol. The molecule has 0 aromatic carbocycles. The highest BCUT2D eigenvalue weighted by molar-refractivity contribution is 5.88. The summed E-state index contributed by atoms with van der Waals surface area (Å²) in [5, 5.41) is 0. The van der Waals surface area contributed by atoms with Crippen molar-refractivity contribution in [2.75, 3.05) is 6.61 Å². The third-order valence-corrected chi connectivity index (χ3v) is 7.42. The molecule has 4 rings (SSSR count). The summed E-state index contributed by atoms with van der Waals surface area (Å²) in [6, 6.07) is 0. The van der Waals surface area contributed by atoms with E-state index in [1.165, 1.54) is 17.6 Å². The van der Waals surface area contributed by atoms with E-state index < -0.39 is 0 Å². The second-order valence-corrected chi connectivity index (χ2v) is 8.23. The average Bonchev–Trinajstić information content (AvgIpc) is 2.92. The fourth-order valence-corrected chi connectivity index (χ4v) is 6.42. The molecule has 4 aliphatic rings. The maximum Gasteiger partial charge on any atom is 0.139 e. The molecule has 0 aromatic heterocycles. The molecule has 0 heterocycles. The van der Waals surface area contributed by atoms with Crippen molar-refractivity contribution >= 4 is 5.78 Å². The van der Waals surface area contributed by atoms with Gasteiger partial charge in [0.2, 0.25) is 0 Å². The molecule has 2 heteroatoms. The van der Waals surface area contributed by atoms with Crippen LogP contribution in [0, 0.1) is 29.1 Å². The van der Waals surface area contributed by atoms with Gasteiger partial charge in [-0.2, -0.15) is 0 Å². The van der Waals surface area contributed by atoms with Crippen molar-refractivity contribution < 1.29 is 9.53 Å². The van der Waals surface area contributed by atoms with Crippen LogP contribution in [0.25, 0.3) is 0 Å². The number of hydrogen-bond donors (Lipinski definition) is 0. The molecule has 0 aliphatic heterocycles. The van der Waals surface area contributed by atoms with Crippen molar-refractivity contribution in [3.63, 3.8) is 0 Å². The first-order valence-electron chi connectivity index (χ1n) is 9.85. The van der Waals surface area contributed by atoms with E-state index in [2.05, 4.69) is 32.6 Å². The Balaban J connectivity index is 1.68. The third-order valence-electron chi connectivity index (χ3n) is 7.42. The summed E-state index contributed by atoms with van der Waals surface area (Å²) >= 11 is 0. The maximum absolute atomic E-state index is 12.7. The number of allylic oxidation sites excluding steroid dienone is 5. The van der Waals surface area contributed by atoms with Crippen LogP contribution >= 0.6 is 0 Å². The Bertz CT molecular complexity index is 626. The Labute approximate surface area is 146 Å². The zero-order valence-corrected chi connectivity index (χ0v) is 15.1. The van der Waals surface area contributed by atoms with Gasteiger partial charge in [-0.05, 0) is 74.3 Å². The smallest absolute Gasteiger partial charge is 0.139 e. The minimum absolute atomic E-state index is 0.0788. The van der Waals surface area contributed by atoms with Crippen molar-refractivity contribution in [2.24, 2.45) is 29.1 Å². The van der Waals surface area contributed by atoms with Crippen LogP contribution in [0.5, 0.6) is 0 Å². The zero-order valence-electron chi connectivity index (χ0n) is 15.1. The Morgan fingerprint density at radius 1 is 1.29 bits per heavy atom. The van der Waals surface area contributed by atoms with E-state index in [1.54, 1.807) is 0 Å². The molecule has 0 radical (unpaired) electrons. The third kappa shape index (κ3) is 2.18. The molecule has 0 aromatic rings. The Morgan fingerprint density at radius 3 is 2.88 bits per heavy atom. The summed E-state index contributed by atoms with van der Waals surface area (Å²) in [6.07, 6.45) is 11.9. The molecule has 2 saturated carbocycles. The second kappa shape index (κ2) is 5.89. The number of hydrogen-bond acceptors (Lipinski definition) is 2. The van der Waals surface area contributed by atoms with Gasteiger partial charge in [-0.25, -0.2) is 0 Å². The molecule has 0 amide bonds. The van der Waals surface area contributed by atoms with Crippen molar-refractivity contribution in [1.29, 1.82) is 0 Å². The Hall–Kier alpha value is -1.31. The van der Waals surface area contributed by atoms with E-state index in [0.29, 0.717) is 29.5 Å². The summed E-state index contributed by atoms with van der Waals surface area (Å²) in [5.74, 6) is 4.07. The molecule has 5 atom stereocenters. The molecular formula is C22H30O2. The predicted octanol–water partition coefficient (Wildman–Crippen LogP) is 5.21. The molecular weight excluding hydrogens is 296 g/mol. The highest BCUT2D eigenvalue weighted by Crippen LogP contribution is 2.62. The molecule has 130 valence electrons. The van der Waals surface area contributed by atoms with Crippen LogP contribution in [-0.4, -0.2) is 12.4 Å². The molecule has 0 N–H and O–H groups in total. The fourth-order valence-electron chi connectivity index (χ4n) is 6.42. The molecule has 24 heavy (non-hydrogen) atoms. The lowest BCUT2D eigenvalue weighted by Gasteiger charge is -2.52. The van der Waals surface area contributed by atoms with Crippen LogP contribution in [0.4, 0.5) is 0 Å². The van der Waals surface area contributed by atoms with E-state index in [9.17, 15) is 4.79 Å². The number of carbonyl (C=O) groups excluding carboxylic acids is 1. The summed E-state index contributed by atoms with van der Waals surface area (Å²) in [5.41, 5.74) is 2.75. The minimum atomic E-state index is -0.0788. The minimum Gasteiger partial charge on any atom is -0.498 e. The number of ether oxygens (including phenoxy) is 1. The standard InChI is InChI=1S/C22H30O2/c1-4-22-13-14(3)21-17-9-7-16(24-5-2)12-15(17)6-8-18(21)19(22)10-11-20(22)23/h6,12,17-19,21H,3-5,7-11,13H2,1-2H3/t17-,18-,19-,21+,22-/m0/s1.